The Morgan fingerprint density at radius 1 is 0.686 bits per heavy atom. The second-order valence-electron chi connectivity index (χ2n) is 7.64. The van der Waals surface area contributed by atoms with Crippen LogP contribution in [0.3, 0.4) is 0 Å². The highest BCUT2D eigenvalue weighted by Gasteiger charge is 2.40. The van der Waals surface area contributed by atoms with Crippen molar-refractivity contribution in [1.29, 1.82) is 0 Å². The van der Waals surface area contributed by atoms with Gasteiger partial charge in [0.15, 0.2) is 23.0 Å². The zero-order chi connectivity index (χ0) is 25.7. The maximum absolute atomic E-state index is 5.91. The van der Waals surface area contributed by atoms with Gasteiger partial charge in [0, 0.05) is 6.54 Å². The van der Waals surface area contributed by atoms with E-state index in [0.717, 1.165) is 28.5 Å². The molecule has 1 aliphatic heterocycles. The number of hydrogen-bond donors (Lipinski definition) is 0. The molecule has 2 unspecified atom stereocenters. The van der Waals surface area contributed by atoms with E-state index in [1.54, 1.807) is 54.4 Å². The van der Waals surface area contributed by atoms with E-state index in [2.05, 4.69) is 23.6 Å². The fraction of sp³-hybridized carbons (Fsp3) is 0.480. The summed E-state index contributed by atoms with van der Waals surface area (Å²) < 4.78 is 34.4. The molecule has 0 N–H and O–H groups in total. The van der Waals surface area contributed by atoms with Crippen LogP contribution in [0.1, 0.15) is 36.5 Å². The number of hydrogen-bond acceptors (Lipinski definition) is 9. The van der Waals surface area contributed by atoms with Crippen LogP contribution in [0.5, 0.6) is 34.5 Å². The van der Waals surface area contributed by atoms with Gasteiger partial charge in [0.1, 0.15) is 10.5 Å². The lowest BCUT2D eigenvalue weighted by molar-refractivity contribution is 0.0845. The summed E-state index contributed by atoms with van der Waals surface area (Å²) in [5, 5.41) is -0.0897. The Morgan fingerprint density at radius 3 is 1.46 bits per heavy atom. The smallest absolute Gasteiger partial charge is 0.203 e. The quantitative estimate of drug-likeness (QED) is 0.393. The first-order valence-corrected chi connectivity index (χ1v) is 12.5. The normalized spacial score (nSPS) is 18.3. The summed E-state index contributed by atoms with van der Waals surface area (Å²) in [7, 11) is 9.68. The molecule has 192 valence electrons. The molecule has 2 atom stereocenters. The Hall–Kier alpha value is -2.56. The molecule has 0 spiro atoms. The van der Waals surface area contributed by atoms with Gasteiger partial charge >= 0.3 is 0 Å². The number of thiocarbonyl (C=S) groups is 1. The van der Waals surface area contributed by atoms with Crippen molar-refractivity contribution in [1.82, 2.24) is 9.80 Å². The molecule has 1 fully saturated rings. The molecule has 0 radical (unpaired) electrons. The van der Waals surface area contributed by atoms with Gasteiger partial charge in [-0.05, 0) is 48.9 Å². The van der Waals surface area contributed by atoms with Crippen LogP contribution in [0.15, 0.2) is 24.3 Å². The summed E-state index contributed by atoms with van der Waals surface area (Å²) in [5.74, 6) is 3.52. The van der Waals surface area contributed by atoms with E-state index in [4.69, 9.17) is 40.6 Å². The third kappa shape index (κ3) is 5.05. The van der Waals surface area contributed by atoms with Crippen LogP contribution < -0.4 is 28.4 Å². The number of methoxy groups -OCH3 is 6. The fourth-order valence-electron chi connectivity index (χ4n) is 4.40. The van der Waals surface area contributed by atoms with Crippen molar-refractivity contribution in [3.63, 3.8) is 0 Å². The number of ether oxygens (including phenoxy) is 6. The SMILES string of the molecule is CCN1C(=S)SC(c2cc(OC)c(OC)c(OC)c2)N(CC)C1c1cc(OC)c(OC)c(OC)c1. The highest BCUT2D eigenvalue weighted by Crippen LogP contribution is 2.51. The van der Waals surface area contributed by atoms with E-state index in [9.17, 15) is 0 Å². The summed E-state index contributed by atoms with van der Waals surface area (Å²) >= 11 is 7.54. The summed E-state index contributed by atoms with van der Waals surface area (Å²) in [6.07, 6.45) is -0.156. The van der Waals surface area contributed by atoms with E-state index in [1.165, 1.54) is 0 Å². The zero-order valence-electron chi connectivity index (χ0n) is 21.5. The molecule has 8 nitrogen and oxygen atoms in total. The standard InChI is InChI=1S/C25H34N2O6S2/c1-9-26-23(15-11-17(28-3)21(32-7)18(12-15)29-4)27(10-2)25(34)35-24(26)16-13-19(30-5)22(33-8)20(14-16)31-6/h11-14,23-24H,9-10H2,1-8H3. The van der Waals surface area contributed by atoms with Crippen molar-refractivity contribution < 1.29 is 28.4 Å². The molecule has 0 aromatic heterocycles. The van der Waals surface area contributed by atoms with Crippen molar-refractivity contribution in [3.8, 4) is 34.5 Å². The Bertz CT molecular complexity index is 1000. The minimum Gasteiger partial charge on any atom is -0.493 e. The average Bonchev–Trinajstić information content (AvgIpc) is 2.90. The molecule has 2 aromatic rings. The van der Waals surface area contributed by atoms with Gasteiger partial charge in [0.25, 0.3) is 0 Å². The topological polar surface area (TPSA) is 61.9 Å². The molecule has 0 bridgehead atoms. The van der Waals surface area contributed by atoms with Crippen molar-refractivity contribution in [3.05, 3.63) is 35.4 Å². The molecule has 1 saturated heterocycles. The largest absolute Gasteiger partial charge is 0.493 e. The second-order valence-corrected chi connectivity index (χ2v) is 9.36. The molecular weight excluding hydrogens is 488 g/mol. The second kappa shape index (κ2) is 11.9. The Balaban J connectivity index is 2.19. The average molecular weight is 523 g/mol. The van der Waals surface area contributed by atoms with Crippen molar-refractivity contribution in [2.75, 3.05) is 55.7 Å². The van der Waals surface area contributed by atoms with Crippen LogP contribution in [0.4, 0.5) is 0 Å². The molecule has 3 rings (SSSR count). The van der Waals surface area contributed by atoms with Gasteiger partial charge < -0.3 is 33.3 Å². The number of nitrogens with zero attached hydrogens (tertiary/aromatic N) is 2. The number of rotatable bonds is 10. The molecule has 1 heterocycles. The van der Waals surface area contributed by atoms with E-state index in [-0.39, 0.29) is 11.5 Å². The van der Waals surface area contributed by atoms with Gasteiger partial charge in [-0.2, -0.15) is 0 Å². The lowest BCUT2D eigenvalue weighted by Gasteiger charge is -2.48. The lowest BCUT2D eigenvalue weighted by Crippen LogP contribution is -2.48. The van der Waals surface area contributed by atoms with Gasteiger partial charge in [-0.15, -0.1) is 0 Å². The Labute approximate surface area is 217 Å². The molecular formula is C25H34N2O6S2. The predicted octanol–water partition coefficient (Wildman–Crippen LogP) is 5.11. The van der Waals surface area contributed by atoms with Crippen LogP contribution in [0.2, 0.25) is 0 Å². The van der Waals surface area contributed by atoms with Crippen LogP contribution in [0, 0.1) is 0 Å². The maximum atomic E-state index is 5.91. The molecule has 0 saturated carbocycles. The third-order valence-corrected chi connectivity index (χ3v) is 7.75. The number of benzene rings is 2. The van der Waals surface area contributed by atoms with Crippen LogP contribution >= 0.6 is 24.0 Å². The first kappa shape index (κ1) is 27.0. The summed E-state index contributed by atoms with van der Waals surface area (Å²) in [4.78, 5) is 4.59. The van der Waals surface area contributed by atoms with E-state index in [1.807, 2.05) is 24.3 Å². The summed E-state index contributed by atoms with van der Waals surface area (Å²) in [5.41, 5.74) is 1.99. The van der Waals surface area contributed by atoms with Crippen LogP contribution in [-0.4, -0.2) is 69.9 Å². The van der Waals surface area contributed by atoms with Gasteiger partial charge in [-0.25, -0.2) is 0 Å². The van der Waals surface area contributed by atoms with Crippen molar-refractivity contribution >= 4 is 28.3 Å². The van der Waals surface area contributed by atoms with Gasteiger partial charge in [0.05, 0.1) is 48.0 Å². The molecule has 2 aromatic carbocycles. The van der Waals surface area contributed by atoms with E-state index < -0.39 is 0 Å². The maximum Gasteiger partial charge on any atom is 0.203 e. The van der Waals surface area contributed by atoms with Crippen LogP contribution in [0.25, 0.3) is 0 Å². The third-order valence-electron chi connectivity index (χ3n) is 6.02. The van der Waals surface area contributed by atoms with Crippen molar-refractivity contribution in [2.24, 2.45) is 0 Å². The minimum atomic E-state index is -0.156. The molecule has 0 amide bonds. The van der Waals surface area contributed by atoms with E-state index >= 15 is 0 Å². The fourth-order valence-corrected chi connectivity index (χ4v) is 6.13. The highest BCUT2D eigenvalue weighted by molar-refractivity contribution is 8.23. The molecule has 1 aliphatic rings. The predicted molar refractivity (Wildman–Crippen MR) is 143 cm³/mol. The van der Waals surface area contributed by atoms with Crippen LogP contribution in [-0.2, 0) is 0 Å². The summed E-state index contributed by atoms with van der Waals surface area (Å²) in [6.45, 7) is 5.74. The number of thioether (sulfide) groups is 1. The van der Waals surface area contributed by atoms with Gasteiger partial charge in [-0.1, -0.05) is 30.9 Å². The highest BCUT2D eigenvalue weighted by atomic mass is 32.2. The minimum absolute atomic E-state index is 0.0897. The van der Waals surface area contributed by atoms with Crippen molar-refractivity contribution in [2.45, 2.75) is 25.4 Å². The van der Waals surface area contributed by atoms with Gasteiger partial charge in [-0.3, -0.25) is 4.90 Å². The Morgan fingerprint density at radius 2 is 1.11 bits per heavy atom. The molecule has 0 aliphatic carbocycles. The molecule has 10 heteroatoms. The Kier molecular flexibility index (Phi) is 9.21. The van der Waals surface area contributed by atoms with E-state index in [0.29, 0.717) is 34.5 Å². The first-order chi connectivity index (χ1) is 16.9. The summed E-state index contributed by atoms with van der Waals surface area (Å²) in [6, 6.07) is 7.95. The lowest BCUT2D eigenvalue weighted by atomic mass is 10.1. The first-order valence-electron chi connectivity index (χ1n) is 11.2. The monoisotopic (exact) mass is 522 g/mol. The van der Waals surface area contributed by atoms with Gasteiger partial charge in [0.2, 0.25) is 11.5 Å². The molecule has 35 heavy (non-hydrogen) atoms. The zero-order valence-corrected chi connectivity index (χ0v) is 23.2.